The van der Waals surface area contributed by atoms with Crippen LogP contribution in [0.15, 0.2) is 209 Å². The maximum absolute atomic E-state index is 6.29. The fourth-order valence-corrected chi connectivity index (χ4v) is 8.48. The van der Waals surface area contributed by atoms with E-state index in [9.17, 15) is 0 Å². The minimum Gasteiger partial charge on any atom is -0.456 e. The second kappa shape index (κ2) is 13.4. The van der Waals surface area contributed by atoms with Crippen molar-refractivity contribution in [3.63, 3.8) is 0 Å². The number of nitrogens with zero attached hydrogens (tertiary/aromatic N) is 4. The Morgan fingerprint density at radius 2 is 1.12 bits per heavy atom. The topological polar surface area (TPSA) is 46.0 Å². The number of fused-ring (bicyclic) bond motifs is 6. The molecule has 0 spiro atoms. The molecule has 0 saturated heterocycles. The van der Waals surface area contributed by atoms with E-state index in [2.05, 4.69) is 186 Å². The van der Waals surface area contributed by atoms with Gasteiger partial charge in [0.1, 0.15) is 23.2 Å². The molecule has 8 aromatic carbocycles. The summed E-state index contributed by atoms with van der Waals surface area (Å²) >= 11 is 0. The van der Waals surface area contributed by atoms with Gasteiger partial charge in [-0.05, 0) is 64.7 Å². The standard InChI is InChI=1S/C52H36N4O/c1-55-51(37-16-7-3-8-17-37)53-50(54-52(55)39-28-30-43-42-20-11-12-23-47(42)57-48(43)33-39)36-26-24-34(25-27-36)38-29-31-46-45(32-38)44-22-13-21-41(35-14-5-2-6-15-35)49(44)56(46)40-18-9-4-10-19-40/h2-33,51H,1H3. The van der Waals surface area contributed by atoms with Gasteiger partial charge in [-0.1, -0.05) is 152 Å². The number of furan rings is 1. The molecule has 5 heteroatoms. The summed E-state index contributed by atoms with van der Waals surface area (Å²) in [5, 5.41) is 4.65. The quantitative estimate of drug-likeness (QED) is 0.171. The van der Waals surface area contributed by atoms with Crippen molar-refractivity contribution < 1.29 is 4.42 Å². The van der Waals surface area contributed by atoms with Crippen LogP contribution in [0.1, 0.15) is 22.9 Å². The molecular formula is C52H36N4O. The first-order chi connectivity index (χ1) is 28.2. The van der Waals surface area contributed by atoms with Crippen LogP contribution in [0.3, 0.4) is 0 Å². The Balaban J connectivity index is 1.01. The van der Waals surface area contributed by atoms with Crippen molar-refractivity contribution in [3.05, 3.63) is 211 Å². The van der Waals surface area contributed by atoms with Crippen molar-refractivity contribution in [1.29, 1.82) is 0 Å². The van der Waals surface area contributed by atoms with Gasteiger partial charge in [-0.3, -0.25) is 0 Å². The molecule has 0 fully saturated rings. The Morgan fingerprint density at radius 1 is 0.474 bits per heavy atom. The molecule has 1 aliphatic heterocycles. The minimum atomic E-state index is -0.245. The number of benzene rings is 8. The fraction of sp³-hybridized carbons (Fsp3) is 0.0385. The highest BCUT2D eigenvalue weighted by molar-refractivity contribution is 6.16. The molecule has 10 aromatic rings. The molecule has 2 aromatic heterocycles. The molecule has 57 heavy (non-hydrogen) atoms. The molecule has 3 heterocycles. The summed E-state index contributed by atoms with van der Waals surface area (Å²) in [6, 6.07) is 68.5. The Labute approximate surface area is 330 Å². The lowest BCUT2D eigenvalue weighted by Crippen LogP contribution is -2.35. The van der Waals surface area contributed by atoms with Gasteiger partial charge >= 0.3 is 0 Å². The van der Waals surface area contributed by atoms with Gasteiger partial charge in [-0.2, -0.15) is 0 Å². The summed E-state index contributed by atoms with van der Waals surface area (Å²) in [6.45, 7) is 0. The zero-order valence-electron chi connectivity index (χ0n) is 31.2. The van der Waals surface area contributed by atoms with Crippen LogP contribution < -0.4 is 0 Å². The first kappa shape index (κ1) is 32.9. The zero-order valence-corrected chi connectivity index (χ0v) is 31.2. The molecule has 0 N–H and O–H groups in total. The van der Waals surface area contributed by atoms with Crippen LogP contribution in [0.4, 0.5) is 0 Å². The Morgan fingerprint density at radius 3 is 1.93 bits per heavy atom. The van der Waals surface area contributed by atoms with E-state index in [-0.39, 0.29) is 6.17 Å². The highest BCUT2D eigenvalue weighted by atomic mass is 16.3. The van der Waals surface area contributed by atoms with Gasteiger partial charge in [0.25, 0.3) is 0 Å². The molecule has 0 aliphatic carbocycles. The van der Waals surface area contributed by atoms with E-state index < -0.39 is 0 Å². The lowest BCUT2D eigenvalue weighted by molar-refractivity contribution is 0.383. The van der Waals surface area contributed by atoms with E-state index in [1.807, 2.05) is 24.3 Å². The molecule has 5 nitrogen and oxygen atoms in total. The summed E-state index contributed by atoms with van der Waals surface area (Å²) < 4.78 is 8.70. The molecule has 1 unspecified atom stereocenters. The average Bonchev–Trinajstić information content (AvgIpc) is 3.82. The van der Waals surface area contributed by atoms with Crippen molar-refractivity contribution in [1.82, 2.24) is 9.47 Å². The first-order valence-electron chi connectivity index (χ1n) is 19.3. The van der Waals surface area contributed by atoms with Gasteiger partial charge in [0.15, 0.2) is 5.84 Å². The number of amidine groups is 2. The van der Waals surface area contributed by atoms with Crippen LogP contribution in [0, 0.1) is 0 Å². The van der Waals surface area contributed by atoms with E-state index >= 15 is 0 Å². The fourth-order valence-electron chi connectivity index (χ4n) is 8.48. The largest absolute Gasteiger partial charge is 0.456 e. The SMILES string of the molecule is CN1C(c2ccc3c(c2)oc2ccccc23)=NC(c2ccc(-c3ccc4c(c3)c3cccc(-c5ccccc5)c3n4-c3ccccc3)cc2)=NC1c1ccccc1. The Bertz CT molecular complexity index is 3180. The predicted molar refractivity (Wildman–Crippen MR) is 235 cm³/mol. The zero-order chi connectivity index (χ0) is 37.9. The van der Waals surface area contributed by atoms with E-state index in [1.165, 1.54) is 32.9 Å². The lowest BCUT2D eigenvalue weighted by Gasteiger charge is -2.32. The van der Waals surface area contributed by atoms with Crippen LogP contribution in [-0.2, 0) is 0 Å². The summed E-state index contributed by atoms with van der Waals surface area (Å²) in [7, 11) is 2.07. The number of para-hydroxylation sites is 3. The van der Waals surface area contributed by atoms with Crippen LogP contribution in [0.25, 0.3) is 71.7 Å². The molecule has 270 valence electrons. The maximum Gasteiger partial charge on any atom is 0.159 e. The van der Waals surface area contributed by atoms with Crippen LogP contribution in [-0.4, -0.2) is 28.2 Å². The number of aliphatic imine (C=N–C) groups is 2. The Hall–Kier alpha value is -7.50. The predicted octanol–water partition coefficient (Wildman–Crippen LogP) is 12.9. The van der Waals surface area contributed by atoms with Crippen molar-refractivity contribution in [2.24, 2.45) is 9.98 Å². The monoisotopic (exact) mass is 732 g/mol. The van der Waals surface area contributed by atoms with Gasteiger partial charge in [-0.25, -0.2) is 9.98 Å². The highest BCUT2D eigenvalue weighted by Gasteiger charge is 2.27. The number of hydrogen-bond donors (Lipinski definition) is 0. The van der Waals surface area contributed by atoms with Crippen molar-refractivity contribution in [2.75, 3.05) is 7.05 Å². The third kappa shape index (κ3) is 5.55. The molecule has 0 amide bonds. The highest BCUT2D eigenvalue weighted by Crippen LogP contribution is 2.40. The molecule has 1 atom stereocenters. The van der Waals surface area contributed by atoms with Gasteiger partial charge in [-0.15, -0.1) is 0 Å². The molecular weight excluding hydrogens is 697 g/mol. The van der Waals surface area contributed by atoms with Crippen LogP contribution in [0.2, 0.25) is 0 Å². The molecule has 11 rings (SSSR count). The molecule has 0 saturated carbocycles. The van der Waals surface area contributed by atoms with Gasteiger partial charge in [0.2, 0.25) is 0 Å². The third-order valence-electron chi connectivity index (χ3n) is 11.3. The van der Waals surface area contributed by atoms with Crippen molar-refractivity contribution in [2.45, 2.75) is 6.17 Å². The molecule has 0 bridgehead atoms. The van der Waals surface area contributed by atoms with Crippen LogP contribution >= 0.6 is 0 Å². The first-order valence-corrected chi connectivity index (χ1v) is 19.3. The maximum atomic E-state index is 6.29. The smallest absolute Gasteiger partial charge is 0.159 e. The van der Waals surface area contributed by atoms with Gasteiger partial charge in [0.05, 0.1) is 11.0 Å². The third-order valence-corrected chi connectivity index (χ3v) is 11.3. The Kier molecular flexibility index (Phi) is 7.71. The van der Waals surface area contributed by atoms with E-state index in [4.69, 9.17) is 14.4 Å². The second-order valence-electron chi connectivity index (χ2n) is 14.6. The van der Waals surface area contributed by atoms with Gasteiger partial charge < -0.3 is 13.9 Å². The summed E-state index contributed by atoms with van der Waals surface area (Å²) in [5.41, 5.74) is 13.0. The van der Waals surface area contributed by atoms with Gasteiger partial charge in [0, 0.05) is 51.0 Å². The summed E-state index contributed by atoms with van der Waals surface area (Å²) in [4.78, 5) is 12.6. The number of rotatable bonds is 6. The number of aromatic nitrogens is 1. The lowest BCUT2D eigenvalue weighted by atomic mass is 9.99. The van der Waals surface area contributed by atoms with Crippen LogP contribution in [0.5, 0.6) is 0 Å². The van der Waals surface area contributed by atoms with Crippen molar-refractivity contribution >= 4 is 55.4 Å². The molecule has 0 radical (unpaired) electrons. The van der Waals surface area contributed by atoms with E-state index in [0.29, 0.717) is 5.84 Å². The minimum absolute atomic E-state index is 0.245. The average molecular weight is 733 g/mol. The second-order valence-corrected chi connectivity index (χ2v) is 14.6. The van der Waals surface area contributed by atoms with E-state index in [0.717, 1.165) is 61.3 Å². The number of hydrogen-bond acceptors (Lipinski definition) is 4. The summed E-state index contributed by atoms with van der Waals surface area (Å²) in [6.07, 6.45) is -0.245. The normalized spacial score (nSPS) is 14.4. The summed E-state index contributed by atoms with van der Waals surface area (Å²) in [5.74, 6) is 1.54. The molecule has 1 aliphatic rings. The van der Waals surface area contributed by atoms with Crippen molar-refractivity contribution in [3.8, 4) is 27.9 Å². The van der Waals surface area contributed by atoms with E-state index in [1.54, 1.807) is 0 Å².